The zero-order valence-electron chi connectivity index (χ0n) is 10.9. The zero-order chi connectivity index (χ0) is 12.7. The number of allylic oxidation sites excluding steroid dienone is 1. The second-order valence-corrected chi connectivity index (χ2v) is 4.77. The fourth-order valence-corrected chi connectivity index (χ4v) is 1.73. The van der Waals surface area contributed by atoms with Crippen LogP contribution in [0.1, 0.15) is 33.6 Å². The predicted molar refractivity (Wildman–Crippen MR) is 72.9 cm³/mol. The third-order valence-corrected chi connectivity index (χ3v) is 2.42. The number of anilines is 1. The quantitative estimate of drug-likeness (QED) is 0.762. The number of carbonyl (C=O) groups excluding carboxylic acids is 1. The summed E-state index contributed by atoms with van der Waals surface area (Å²) >= 11 is 0. The van der Waals surface area contributed by atoms with Gasteiger partial charge in [0.25, 0.3) is 0 Å². The van der Waals surface area contributed by atoms with Crippen molar-refractivity contribution in [3.63, 3.8) is 0 Å². The number of amides is 1. The van der Waals surface area contributed by atoms with Crippen LogP contribution in [-0.2, 0) is 4.79 Å². The number of para-hydroxylation sites is 1. The van der Waals surface area contributed by atoms with Gasteiger partial charge < -0.3 is 5.32 Å². The van der Waals surface area contributed by atoms with E-state index in [1.807, 2.05) is 36.4 Å². The molecule has 0 radical (unpaired) electrons. The molecule has 0 aliphatic heterocycles. The van der Waals surface area contributed by atoms with Crippen LogP contribution in [0.15, 0.2) is 42.0 Å². The van der Waals surface area contributed by atoms with Crippen LogP contribution in [0.4, 0.5) is 5.69 Å². The summed E-state index contributed by atoms with van der Waals surface area (Å²) in [7, 11) is 0. The fraction of sp³-hybridized carbons (Fsp3) is 0.400. The molecule has 0 aliphatic rings. The summed E-state index contributed by atoms with van der Waals surface area (Å²) < 4.78 is 0. The standard InChI is InChI=1S/C15H21NO/c1-12(2)11-13(3)9-10-15(17)16-14-7-5-4-6-8-14/h4-9,12H,10-11H2,1-3H3,(H,16,17)/b13-9-. The van der Waals surface area contributed by atoms with Crippen LogP contribution in [0.3, 0.4) is 0 Å². The molecule has 1 aromatic rings. The fourth-order valence-electron chi connectivity index (χ4n) is 1.73. The average molecular weight is 231 g/mol. The molecule has 92 valence electrons. The highest BCUT2D eigenvalue weighted by molar-refractivity contribution is 5.91. The maximum Gasteiger partial charge on any atom is 0.228 e. The molecule has 0 aromatic heterocycles. The van der Waals surface area contributed by atoms with E-state index in [0.29, 0.717) is 12.3 Å². The Morgan fingerprint density at radius 2 is 1.94 bits per heavy atom. The first-order valence-electron chi connectivity index (χ1n) is 6.08. The van der Waals surface area contributed by atoms with Gasteiger partial charge in [-0.15, -0.1) is 0 Å². The van der Waals surface area contributed by atoms with Crippen LogP contribution in [0.25, 0.3) is 0 Å². The van der Waals surface area contributed by atoms with E-state index < -0.39 is 0 Å². The molecule has 0 fully saturated rings. The summed E-state index contributed by atoms with van der Waals surface area (Å²) in [5, 5.41) is 2.87. The van der Waals surface area contributed by atoms with Gasteiger partial charge in [-0.2, -0.15) is 0 Å². The lowest BCUT2D eigenvalue weighted by Crippen LogP contribution is -2.10. The lowest BCUT2D eigenvalue weighted by atomic mass is 10.0. The average Bonchev–Trinajstić information content (AvgIpc) is 2.27. The predicted octanol–water partition coefficient (Wildman–Crippen LogP) is 4.01. The highest BCUT2D eigenvalue weighted by Gasteiger charge is 2.01. The Kier molecular flexibility index (Phi) is 5.47. The van der Waals surface area contributed by atoms with Crippen molar-refractivity contribution in [2.45, 2.75) is 33.6 Å². The summed E-state index contributed by atoms with van der Waals surface area (Å²) in [5.74, 6) is 0.683. The molecule has 2 heteroatoms. The summed E-state index contributed by atoms with van der Waals surface area (Å²) in [6, 6.07) is 9.54. The first-order chi connectivity index (χ1) is 8.08. The van der Waals surface area contributed by atoms with Gasteiger partial charge in [0, 0.05) is 12.1 Å². The summed E-state index contributed by atoms with van der Waals surface area (Å²) in [6.45, 7) is 6.44. The Morgan fingerprint density at radius 1 is 1.29 bits per heavy atom. The van der Waals surface area contributed by atoms with E-state index in [9.17, 15) is 4.79 Å². The third-order valence-electron chi connectivity index (χ3n) is 2.42. The summed E-state index contributed by atoms with van der Waals surface area (Å²) in [5.41, 5.74) is 2.13. The largest absolute Gasteiger partial charge is 0.326 e. The van der Waals surface area contributed by atoms with Gasteiger partial charge >= 0.3 is 0 Å². The molecule has 0 spiro atoms. The van der Waals surface area contributed by atoms with E-state index in [2.05, 4.69) is 26.1 Å². The van der Waals surface area contributed by atoms with Crippen molar-refractivity contribution in [2.24, 2.45) is 5.92 Å². The van der Waals surface area contributed by atoms with E-state index in [1.165, 1.54) is 5.57 Å². The highest BCUT2D eigenvalue weighted by atomic mass is 16.1. The van der Waals surface area contributed by atoms with Gasteiger partial charge in [0.1, 0.15) is 0 Å². The lowest BCUT2D eigenvalue weighted by molar-refractivity contribution is -0.115. The Balaban J connectivity index is 2.40. The molecular weight excluding hydrogens is 210 g/mol. The van der Waals surface area contributed by atoms with Crippen LogP contribution in [0.2, 0.25) is 0 Å². The Hall–Kier alpha value is -1.57. The summed E-state index contributed by atoms with van der Waals surface area (Å²) in [6.07, 6.45) is 3.52. The van der Waals surface area contributed by atoms with Gasteiger partial charge in [-0.3, -0.25) is 4.79 Å². The molecule has 0 saturated heterocycles. The zero-order valence-corrected chi connectivity index (χ0v) is 10.9. The van der Waals surface area contributed by atoms with Crippen molar-refractivity contribution in [3.05, 3.63) is 42.0 Å². The molecule has 0 heterocycles. The minimum Gasteiger partial charge on any atom is -0.326 e. The van der Waals surface area contributed by atoms with Gasteiger partial charge in [0.2, 0.25) is 5.91 Å². The van der Waals surface area contributed by atoms with Gasteiger partial charge in [0.15, 0.2) is 0 Å². The molecule has 0 bridgehead atoms. The maximum atomic E-state index is 11.6. The molecule has 17 heavy (non-hydrogen) atoms. The molecule has 1 N–H and O–H groups in total. The third kappa shape index (κ3) is 5.91. The number of nitrogens with one attached hydrogen (secondary N) is 1. The number of rotatable bonds is 5. The van der Waals surface area contributed by atoms with E-state index >= 15 is 0 Å². The minimum atomic E-state index is 0.0410. The first-order valence-corrected chi connectivity index (χ1v) is 6.08. The second-order valence-electron chi connectivity index (χ2n) is 4.77. The molecule has 0 atom stereocenters. The van der Waals surface area contributed by atoms with Gasteiger partial charge in [-0.1, -0.05) is 43.7 Å². The van der Waals surface area contributed by atoms with Crippen molar-refractivity contribution < 1.29 is 4.79 Å². The molecule has 0 saturated carbocycles. The van der Waals surface area contributed by atoms with Crippen molar-refractivity contribution in [3.8, 4) is 0 Å². The summed E-state index contributed by atoms with van der Waals surface area (Å²) in [4.78, 5) is 11.6. The van der Waals surface area contributed by atoms with Gasteiger partial charge in [0.05, 0.1) is 0 Å². The van der Waals surface area contributed by atoms with E-state index in [0.717, 1.165) is 12.1 Å². The maximum absolute atomic E-state index is 11.6. The van der Waals surface area contributed by atoms with Gasteiger partial charge in [-0.05, 0) is 31.4 Å². The van der Waals surface area contributed by atoms with Crippen molar-refractivity contribution >= 4 is 11.6 Å². The first kappa shape index (κ1) is 13.5. The van der Waals surface area contributed by atoms with E-state index in [4.69, 9.17) is 0 Å². The topological polar surface area (TPSA) is 29.1 Å². The monoisotopic (exact) mass is 231 g/mol. The van der Waals surface area contributed by atoms with Crippen LogP contribution < -0.4 is 5.32 Å². The second kappa shape index (κ2) is 6.89. The Morgan fingerprint density at radius 3 is 2.53 bits per heavy atom. The van der Waals surface area contributed by atoms with Crippen LogP contribution in [0, 0.1) is 5.92 Å². The molecule has 1 rings (SSSR count). The van der Waals surface area contributed by atoms with Crippen molar-refractivity contribution in [1.82, 2.24) is 0 Å². The highest BCUT2D eigenvalue weighted by Crippen LogP contribution is 2.11. The Labute approximate surface area is 104 Å². The number of hydrogen-bond donors (Lipinski definition) is 1. The van der Waals surface area contributed by atoms with Crippen LogP contribution in [0.5, 0.6) is 0 Å². The molecule has 0 unspecified atom stereocenters. The smallest absolute Gasteiger partial charge is 0.228 e. The minimum absolute atomic E-state index is 0.0410. The van der Waals surface area contributed by atoms with Crippen molar-refractivity contribution in [2.75, 3.05) is 5.32 Å². The SMILES string of the molecule is C/C(=C/CC(=O)Nc1ccccc1)CC(C)C. The van der Waals surface area contributed by atoms with Crippen LogP contribution >= 0.6 is 0 Å². The molecule has 1 aromatic carbocycles. The number of carbonyl (C=O) groups is 1. The Bertz CT molecular complexity index is 379. The number of benzene rings is 1. The van der Waals surface area contributed by atoms with Crippen molar-refractivity contribution in [1.29, 1.82) is 0 Å². The molecular formula is C15H21NO. The molecule has 2 nitrogen and oxygen atoms in total. The van der Waals surface area contributed by atoms with Gasteiger partial charge in [-0.25, -0.2) is 0 Å². The molecule has 1 amide bonds. The normalized spacial score (nSPS) is 11.6. The number of hydrogen-bond acceptors (Lipinski definition) is 1. The molecule has 0 aliphatic carbocycles. The van der Waals surface area contributed by atoms with Crippen LogP contribution in [-0.4, -0.2) is 5.91 Å². The van der Waals surface area contributed by atoms with E-state index in [1.54, 1.807) is 0 Å². The lowest BCUT2D eigenvalue weighted by Gasteiger charge is -2.05. The van der Waals surface area contributed by atoms with E-state index in [-0.39, 0.29) is 5.91 Å².